The number of carboxylic acids is 1. The van der Waals surface area contributed by atoms with Crippen LogP contribution in [0.4, 0.5) is 44.3 Å². The van der Waals surface area contributed by atoms with Crippen LogP contribution in [0.25, 0.3) is 22.3 Å². The number of benzene rings is 3. The third-order valence-electron chi connectivity index (χ3n) is 8.45. The molecule has 4 aromatic rings. The van der Waals surface area contributed by atoms with Crippen LogP contribution in [0.15, 0.2) is 66.7 Å². The van der Waals surface area contributed by atoms with Gasteiger partial charge in [0, 0.05) is 16.8 Å². The first-order valence-corrected chi connectivity index (χ1v) is 15.0. The average Bonchev–Trinajstić information content (AvgIpc) is 3.35. The molecule has 0 radical (unpaired) electrons. The van der Waals surface area contributed by atoms with Crippen LogP contribution in [0.1, 0.15) is 63.2 Å². The zero-order valence-corrected chi connectivity index (χ0v) is 26.7. The lowest BCUT2D eigenvalue weighted by molar-refractivity contribution is -0.143. The number of hydrogen-bond acceptors (Lipinski definition) is 5. The van der Waals surface area contributed by atoms with E-state index in [2.05, 4.69) is 4.98 Å². The summed E-state index contributed by atoms with van der Waals surface area (Å²) >= 11 is 0. The van der Waals surface area contributed by atoms with Crippen molar-refractivity contribution in [3.05, 3.63) is 106 Å². The molecule has 5 rings (SSSR count). The number of methoxy groups -OCH3 is 1. The van der Waals surface area contributed by atoms with Crippen LogP contribution < -0.4 is 4.74 Å². The number of carboxylic acid groups (broad SMARTS) is 1. The molecule has 270 valence electrons. The van der Waals surface area contributed by atoms with Gasteiger partial charge < -0.3 is 14.6 Å². The molecule has 1 amide bonds. The van der Waals surface area contributed by atoms with Gasteiger partial charge in [0.05, 0.1) is 30.8 Å². The minimum atomic E-state index is -5.16. The summed E-state index contributed by atoms with van der Waals surface area (Å²) in [5.74, 6) is -1.00. The van der Waals surface area contributed by atoms with Crippen molar-refractivity contribution in [3.63, 3.8) is 0 Å². The van der Waals surface area contributed by atoms with Gasteiger partial charge in [-0.3, -0.25) is 4.90 Å². The lowest BCUT2D eigenvalue weighted by Crippen LogP contribution is -2.31. The molecule has 3 aromatic carbocycles. The standard InChI is InChI=1S/C35H27F9N2O5/c1-16-24(7-8-27(45-16)32(47)48)18-5-9-28(50-3)26(13-18)25-6-4-19(29(36)31(37)38)10-21(25)15-46-17(2)30(51-33(46)49)20-11-22(34(39,40)41)14-23(12-20)35(42,43)44/h4-14,17,29-31H,15H2,1-3H3,(H,47,48)/t17-,29?,30-/m0/s1. The zero-order valence-electron chi connectivity index (χ0n) is 26.7. The number of cyclic esters (lactones) is 1. The number of carbonyl (C=O) groups excluding carboxylic acids is 1. The molecule has 7 nitrogen and oxygen atoms in total. The van der Waals surface area contributed by atoms with Crippen LogP contribution in [0.3, 0.4) is 0 Å². The summed E-state index contributed by atoms with van der Waals surface area (Å²) in [5.41, 5.74) is -2.47. The summed E-state index contributed by atoms with van der Waals surface area (Å²) in [6.07, 6.45) is -19.2. The van der Waals surface area contributed by atoms with Gasteiger partial charge in [-0.15, -0.1) is 0 Å². The number of aryl methyl sites for hydroxylation is 1. The molecule has 0 aliphatic carbocycles. The summed E-state index contributed by atoms with van der Waals surface area (Å²) in [5, 5.41) is 9.30. The van der Waals surface area contributed by atoms with Gasteiger partial charge in [-0.05, 0) is 78.1 Å². The number of alkyl halides is 9. The molecule has 0 bridgehead atoms. The average molecular weight is 727 g/mol. The van der Waals surface area contributed by atoms with Crippen molar-refractivity contribution >= 4 is 12.1 Å². The molecule has 0 spiro atoms. The third-order valence-corrected chi connectivity index (χ3v) is 8.45. The number of hydrogen-bond donors (Lipinski definition) is 1. The second-order valence-corrected chi connectivity index (χ2v) is 11.7. The SMILES string of the molecule is COc1ccc(-c2ccc(C(=O)O)nc2C)cc1-c1ccc(C(F)C(F)F)cc1CN1C(=O)O[C@H](c2cc(C(F)(F)F)cc(C(F)(F)F)c2)[C@@H]1C. The van der Waals surface area contributed by atoms with Crippen LogP contribution in [0.5, 0.6) is 5.75 Å². The molecule has 16 heteroatoms. The van der Waals surface area contributed by atoms with Crippen LogP contribution >= 0.6 is 0 Å². The number of rotatable bonds is 9. The number of aromatic nitrogens is 1. The van der Waals surface area contributed by atoms with Crippen molar-refractivity contribution < 1.29 is 63.7 Å². The number of pyridine rings is 1. The largest absolute Gasteiger partial charge is 0.496 e. The Morgan fingerprint density at radius 1 is 0.902 bits per heavy atom. The molecule has 51 heavy (non-hydrogen) atoms. The predicted molar refractivity (Wildman–Crippen MR) is 164 cm³/mol. The van der Waals surface area contributed by atoms with Gasteiger partial charge >= 0.3 is 24.4 Å². The van der Waals surface area contributed by atoms with Crippen molar-refractivity contribution in [2.75, 3.05) is 7.11 Å². The first-order chi connectivity index (χ1) is 23.8. The fourth-order valence-electron chi connectivity index (χ4n) is 5.88. The van der Waals surface area contributed by atoms with E-state index in [0.29, 0.717) is 34.5 Å². The number of nitrogens with zero attached hydrogens (tertiary/aromatic N) is 2. The summed E-state index contributed by atoms with van der Waals surface area (Å²) in [6.45, 7) is 2.40. The van der Waals surface area contributed by atoms with Crippen LogP contribution in [0, 0.1) is 6.92 Å². The topological polar surface area (TPSA) is 89.0 Å². The highest BCUT2D eigenvalue weighted by molar-refractivity contribution is 5.87. The number of ether oxygens (including phenoxy) is 2. The maximum absolute atomic E-state index is 14.6. The van der Waals surface area contributed by atoms with Crippen molar-refractivity contribution in [3.8, 4) is 28.0 Å². The molecular weight excluding hydrogens is 699 g/mol. The first-order valence-electron chi connectivity index (χ1n) is 15.0. The Kier molecular flexibility index (Phi) is 10.0. The molecule has 0 saturated carbocycles. The number of amides is 1. The van der Waals surface area contributed by atoms with Crippen molar-refractivity contribution in [2.45, 2.75) is 57.5 Å². The van der Waals surface area contributed by atoms with Gasteiger partial charge in [-0.2, -0.15) is 26.3 Å². The molecule has 3 atom stereocenters. The van der Waals surface area contributed by atoms with E-state index in [1.54, 1.807) is 25.1 Å². The predicted octanol–water partition coefficient (Wildman–Crippen LogP) is 9.83. The van der Waals surface area contributed by atoms with E-state index in [-0.39, 0.29) is 28.6 Å². The van der Waals surface area contributed by atoms with E-state index in [9.17, 15) is 54.2 Å². The first kappa shape index (κ1) is 37.0. The lowest BCUT2D eigenvalue weighted by atomic mass is 9.92. The van der Waals surface area contributed by atoms with Crippen LogP contribution in [0.2, 0.25) is 0 Å². The Bertz CT molecular complexity index is 1950. The normalized spacial score (nSPS) is 17.1. The zero-order chi connectivity index (χ0) is 37.6. The second-order valence-electron chi connectivity index (χ2n) is 11.7. The fourth-order valence-corrected chi connectivity index (χ4v) is 5.88. The quantitative estimate of drug-likeness (QED) is 0.173. The lowest BCUT2D eigenvalue weighted by Gasteiger charge is -2.24. The molecule has 1 N–H and O–H groups in total. The molecular formula is C35H27F9N2O5. The highest BCUT2D eigenvalue weighted by Crippen LogP contribution is 2.43. The number of carbonyl (C=O) groups is 2. The molecule has 1 aromatic heterocycles. The highest BCUT2D eigenvalue weighted by Gasteiger charge is 2.43. The maximum atomic E-state index is 14.6. The Morgan fingerprint density at radius 3 is 2.08 bits per heavy atom. The highest BCUT2D eigenvalue weighted by atomic mass is 19.4. The smallest absolute Gasteiger partial charge is 0.416 e. The Labute approximate surface area is 284 Å². The molecule has 2 heterocycles. The molecule has 1 aliphatic heterocycles. The summed E-state index contributed by atoms with van der Waals surface area (Å²) in [7, 11) is 1.34. The summed E-state index contributed by atoms with van der Waals surface area (Å²) in [6, 6.07) is 10.8. The minimum Gasteiger partial charge on any atom is -0.496 e. The van der Waals surface area contributed by atoms with Gasteiger partial charge in [-0.1, -0.05) is 30.3 Å². The van der Waals surface area contributed by atoms with Gasteiger partial charge in [-0.25, -0.2) is 27.7 Å². The third kappa shape index (κ3) is 7.59. The van der Waals surface area contributed by atoms with Crippen molar-refractivity contribution in [1.82, 2.24) is 9.88 Å². The fraction of sp³-hybridized carbons (Fsp3) is 0.286. The Hall–Kier alpha value is -5.28. The molecule has 1 fully saturated rings. The van der Waals surface area contributed by atoms with E-state index < -0.39 is 78.0 Å². The Balaban J connectivity index is 1.60. The van der Waals surface area contributed by atoms with Crippen LogP contribution in [-0.4, -0.2) is 46.6 Å². The van der Waals surface area contributed by atoms with Gasteiger partial charge in [0.25, 0.3) is 6.43 Å². The second kappa shape index (κ2) is 13.8. The Morgan fingerprint density at radius 2 is 1.53 bits per heavy atom. The summed E-state index contributed by atoms with van der Waals surface area (Å²) in [4.78, 5) is 29.6. The van der Waals surface area contributed by atoms with E-state index in [1.165, 1.54) is 32.2 Å². The van der Waals surface area contributed by atoms with E-state index in [1.807, 2.05) is 0 Å². The molecule has 1 saturated heterocycles. The minimum absolute atomic E-state index is 0.0591. The van der Waals surface area contributed by atoms with Gasteiger partial charge in [0.15, 0.2) is 6.17 Å². The molecule has 1 aliphatic rings. The van der Waals surface area contributed by atoms with E-state index >= 15 is 0 Å². The van der Waals surface area contributed by atoms with Crippen molar-refractivity contribution in [1.29, 1.82) is 0 Å². The van der Waals surface area contributed by atoms with Crippen molar-refractivity contribution in [2.24, 2.45) is 0 Å². The maximum Gasteiger partial charge on any atom is 0.416 e. The molecule has 1 unspecified atom stereocenters. The van der Waals surface area contributed by atoms with E-state index in [0.717, 1.165) is 17.0 Å². The number of halogens is 9. The monoisotopic (exact) mass is 726 g/mol. The van der Waals surface area contributed by atoms with Crippen LogP contribution in [-0.2, 0) is 23.6 Å². The number of aromatic carboxylic acids is 1. The van der Waals surface area contributed by atoms with E-state index in [4.69, 9.17) is 9.47 Å². The van der Waals surface area contributed by atoms with Gasteiger partial charge in [0.2, 0.25) is 0 Å². The summed E-state index contributed by atoms with van der Waals surface area (Å²) < 4.78 is 134. The van der Waals surface area contributed by atoms with Gasteiger partial charge in [0.1, 0.15) is 17.5 Å².